The maximum Gasteiger partial charge on any atom is 0.118 e. The highest BCUT2D eigenvalue weighted by Crippen LogP contribution is 2.05. The normalized spacial score (nSPS) is 9.22. The Balaban J connectivity index is 0.000000184. The molecule has 18 heavy (non-hydrogen) atoms. The first-order valence-corrected chi connectivity index (χ1v) is 6.07. The van der Waals surface area contributed by atoms with E-state index in [2.05, 4.69) is 12.1 Å². The van der Waals surface area contributed by atoms with Gasteiger partial charge in [0.2, 0.25) is 0 Å². The van der Waals surface area contributed by atoms with Gasteiger partial charge in [-0.25, -0.2) is 0 Å². The summed E-state index contributed by atoms with van der Waals surface area (Å²) >= 11 is 0. The van der Waals surface area contributed by atoms with Crippen LogP contribution in [-0.2, 0) is 11.3 Å². The van der Waals surface area contributed by atoms with Crippen LogP contribution in [0.5, 0.6) is 5.75 Å². The Kier molecular flexibility index (Phi) is 7.33. The third kappa shape index (κ3) is 6.06. The van der Waals surface area contributed by atoms with Gasteiger partial charge in [0.05, 0.1) is 13.7 Å². The molecule has 0 spiro atoms. The number of hydrogen-bond donors (Lipinski definition) is 0. The van der Waals surface area contributed by atoms with Gasteiger partial charge >= 0.3 is 0 Å². The molecule has 0 aliphatic carbocycles. The van der Waals surface area contributed by atoms with Crippen molar-refractivity contribution in [2.45, 2.75) is 13.5 Å². The molecule has 2 rings (SSSR count). The highest BCUT2D eigenvalue weighted by molar-refractivity contribution is 5.20. The fourth-order valence-electron chi connectivity index (χ4n) is 1.35. The lowest BCUT2D eigenvalue weighted by Crippen LogP contribution is -1.90. The molecule has 0 bridgehead atoms. The SMILES string of the molecule is CCOCc1ccccc1.COc1ccccc1. The summed E-state index contributed by atoms with van der Waals surface area (Å²) in [5.74, 6) is 0.910. The molecule has 0 N–H and O–H groups in total. The van der Waals surface area contributed by atoms with Crippen LogP contribution in [0.3, 0.4) is 0 Å². The molecule has 2 nitrogen and oxygen atoms in total. The molecule has 0 saturated carbocycles. The Morgan fingerprint density at radius 1 is 0.833 bits per heavy atom. The molecule has 0 fully saturated rings. The summed E-state index contributed by atoms with van der Waals surface area (Å²) in [6.07, 6.45) is 0. The summed E-state index contributed by atoms with van der Waals surface area (Å²) in [5.41, 5.74) is 1.24. The number of rotatable bonds is 4. The van der Waals surface area contributed by atoms with Gasteiger partial charge in [0.15, 0.2) is 0 Å². The number of methoxy groups -OCH3 is 1. The molecule has 0 atom stereocenters. The number of hydrogen-bond acceptors (Lipinski definition) is 2. The van der Waals surface area contributed by atoms with Crippen LogP contribution >= 0.6 is 0 Å². The first kappa shape index (κ1) is 14.3. The Labute approximate surface area is 109 Å². The minimum Gasteiger partial charge on any atom is -0.497 e. The third-order valence-electron chi connectivity index (χ3n) is 2.29. The van der Waals surface area contributed by atoms with Crippen molar-refractivity contribution < 1.29 is 9.47 Å². The highest BCUT2D eigenvalue weighted by atomic mass is 16.5. The molecule has 2 aromatic rings. The first-order valence-electron chi connectivity index (χ1n) is 6.07. The summed E-state index contributed by atoms with van der Waals surface area (Å²) in [6.45, 7) is 3.52. The van der Waals surface area contributed by atoms with Crippen molar-refractivity contribution >= 4 is 0 Å². The molecule has 0 amide bonds. The van der Waals surface area contributed by atoms with E-state index in [0.29, 0.717) is 0 Å². The van der Waals surface area contributed by atoms with Crippen molar-refractivity contribution in [1.82, 2.24) is 0 Å². The molecule has 0 aliphatic rings. The standard InChI is InChI=1S/C9H12O.C7H8O/c1-2-10-8-9-6-4-3-5-7-9;1-8-7-5-3-2-4-6-7/h3-7H,2,8H2,1H3;2-6H,1H3. The van der Waals surface area contributed by atoms with Crippen molar-refractivity contribution in [2.75, 3.05) is 13.7 Å². The predicted molar refractivity (Wildman–Crippen MR) is 74.8 cm³/mol. The predicted octanol–water partition coefficient (Wildman–Crippen LogP) is 3.92. The summed E-state index contributed by atoms with van der Waals surface area (Å²) in [4.78, 5) is 0. The van der Waals surface area contributed by atoms with Gasteiger partial charge in [-0.05, 0) is 24.6 Å². The zero-order valence-corrected chi connectivity index (χ0v) is 11.0. The average Bonchev–Trinajstić information content (AvgIpc) is 2.48. The number of benzene rings is 2. The van der Waals surface area contributed by atoms with Crippen LogP contribution in [-0.4, -0.2) is 13.7 Å². The van der Waals surface area contributed by atoms with Crippen LogP contribution in [0.15, 0.2) is 60.7 Å². The molecular weight excluding hydrogens is 224 g/mol. The van der Waals surface area contributed by atoms with Gasteiger partial charge in [0.1, 0.15) is 5.75 Å². The van der Waals surface area contributed by atoms with Crippen LogP contribution in [0.25, 0.3) is 0 Å². The molecule has 0 unspecified atom stereocenters. The lowest BCUT2D eigenvalue weighted by molar-refractivity contribution is 0.134. The second-order valence-corrected chi connectivity index (χ2v) is 3.64. The fourth-order valence-corrected chi connectivity index (χ4v) is 1.35. The van der Waals surface area contributed by atoms with E-state index in [1.807, 2.05) is 55.5 Å². The van der Waals surface area contributed by atoms with E-state index in [-0.39, 0.29) is 0 Å². The fraction of sp³-hybridized carbons (Fsp3) is 0.250. The molecule has 0 aliphatic heterocycles. The zero-order chi connectivity index (χ0) is 13.1. The van der Waals surface area contributed by atoms with Crippen LogP contribution in [0.4, 0.5) is 0 Å². The van der Waals surface area contributed by atoms with Crippen LogP contribution in [0.1, 0.15) is 12.5 Å². The Hall–Kier alpha value is -1.80. The highest BCUT2D eigenvalue weighted by Gasteiger charge is 1.86. The van der Waals surface area contributed by atoms with E-state index in [1.165, 1.54) is 5.56 Å². The monoisotopic (exact) mass is 244 g/mol. The maximum atomic E-state index is 5.22. The van der Waals surface area contributed by atoms with E-state index in [0.717, 1.165) is 19.0 Å². The van der Waals surface area contributed by atoms with Gasteiger partial charge in [-0.15, -0.1) is 0 Å². The molecule has 2 aromatic carbocycles. The van der Waals surface area contributed by atoms with Crippen LogP contribution in [0.2, 0.25) is 0 Å². The molecule has 0 saturated heterocycles. The Bertz CT molecular complexity index is 398. The minimum atomic E-state index is 0.733. The maximum absolute atomic E-state index is 5.22. The van der Waals surface area contributed by atoms with Gasteiger partial charge in [-0.1, -0.05) is 48.5 Å². The minimum absolute atomic E-state index is 0.733. The van der Waals surface area contributed by atoms with E-state index < -0.39 is 0 Å². The Morgan fingerprint density at radius 3 is 1.83 bits per heavy atom. The molecule has 96 valence electrons. The first-order chi connectivity index (χ1) is 8.86. The summed E-state index contributed by atoms with van der Waals surface area (Å²) < 4.78 is 10.1. The zero-order valence-electron chi connectivity index (χ0n) is 11.0. The molecule has 0 aromatic heterocycles. The van der Waals surface area contributed by atoms with Gasteiger partial charge in [0.25, 0.3) is 0 Å². The summed E-state index contributed by atoms with van der Waals surface area (Å²) in [6, 6.07) is 19.9. The lowest BCUT2D eigenvalue weighted by atomic mass is 10.2. The van der Waals surface area contributed by atoms with Crippen LogP contribution < -0.4 is 4.74 Å². The summed E-state index contributed by atoms with van der Waals surface area (Å²) in [7, 11) is 1.66. The smallest absolute Gasteiger partial charge is 0.118 e. The van der Waals surface area contributed by atoms with E-state index in [9.17, 15) is 0 Å². The average molecular weight is 244 g/mol. The largest absolute Gasteiger partial charge is 0.497 e. The topological polar surface area (TPSA) is 18.5 Å². The van der Waals surface area contributed by atoms with E-state index >= 15 is 0 Å². The number of para-hydroxylation sites is 1. The molecule has 0 radical (unpaired) electrons. The van der Waals surface area contributed by atoms with Crippen LogP contribution in [0, 0.1) is 0 Å². The lowest BCUT2D eigenvalue weighted by Gasteiger charge is -1.98. The second kappa shape index (κ2) is 9.25. The van der Waals surface area contributed by atoms with Crippen molar-refractivity contribution in [3.8, 4) is 5.75 Å². The third-order valence-corrected chi connectivity index (χ3v) is 2.29. The van der Waals surface area contributed by atoms with Gasteiger partial charge < -0.3 is 9.47 Å². The van der Waals surface area contributed by atoms with Crippen molar-refractivity contribution in [1.29, 1.82) is 0 Å². The Morgan fingerprint density at radius 2 is 1.39 bits per heavy atom. The van der Waals surface area contributed by atoms with E-state index in [1.54, 1.807) is 7.11 Å². The van der Waals surface area contributed by atoms with Crippen molar-refractivity contribution in [3.63, 3.8) is 0 Å². The molecule has 0 heterocycles. The van der Waals surface area contributed by atoms with Gasteiger partial charge in [0, 0.05) is 6.61 Å². The van der Waals surface area contributed by atoms with Crippen molar-refractivity contribution in [2.24, 2.45) is 0 Å². The quantitative estimate of drug-likeness (QED) is 0.811. The molecular formula is C16H20O2. The number of ether oxygens (including phenoxy) is 2. The molecule has 2 heteroatoms. The van der Waals surface area contributed by atoms with Gasteiger partial charge in [-0.3, -0.25) is 0 Å². The van der Waals surface area contributed by atoms with Gasteiger partial charge in [-0.2, -0.15) is 0 Å². The van der Waals surface area contributed by atoms with Crippen molar-refractivity contribution in [3.05, 3.63) is 66.2 Å². The summed E-state index contributed by atoms with van der Waals surface area (Å²) in [5, 5.41) is 0. The second-order valence-electron chi connectivity index (χ2n) is 3.64. The van der Waals surface area contributed by atoms with E-state index in [4.69, 9.17) is 9.47 Å².